The fraction of sp³-hybridized carbons (Fsp3) is 0.273. The van der Waals surface area contributed by atoms with Gasteiger partial charge in [0.15, 0.2) is 0 Å². The van der Waals surface area contributed by atoms with Gasteiger partial charge in [-0.15, -0.1) is 0 Å². The van der Waals surface area contributed by atoms with Crippen LogP contribution in [0.2, 0.25) is 0 Å². The Morgan fingerprint density at radius 1 is 1.29 bits per heavy atom. The van der Waals surface area contributed by atoms with E-state index in [0.29, 0.717) is 0 Å². The van der Waals surface area contributed by atoms with E-state index in [-0.39, 0.29) is 23.5 Å². The first-order valence-electron chi connectivity index (χ1n) is 4.89. The number of carbonyl (C=O) groups is 2. The number of phenolic OH excluding ortho intramolecular Hbond substituents is 2. The highest BCUT2D eigenvalue weighted by molar-refractivity contribution is 5.95. The summed E-state index contributed by atoms with van der Waals surface area (Å²) in [5.74, 6) is -2.81. The lowest BCUT2D eigenvalue weighted by Gasteiger charge is -2.09. The topological polar surface area (TPSA) is 104 Å². The van der Waals surface area contributed by atoms with Crippen LogP contribution in [0.3, 0.4) is 0 Å². The summed E-state index contributed by atoms with van der Waals surface area (Å²) in [4.78, 5) is 22.1. The van der Waals surface area contributed by atoms with Crippen molar-refractivity contribution in [2.45, 2.75) is 13.3 Å². The zero-order valence-corrected chi connectivity index (χ0v) is 9.14. The van der Waals surface area contributed by atoms with Gasteiger partial charge >= 0.3 is 11.9 Å². The third-order valence-electron chi connectivity index (χ3n) is 2.01. The van der Waals surface area contributed by atoms with Crippen molar-refractivity contribution >= 4 is 11.9 Å². The molecule has 6 heteroatoms. The van der Waals surface area contributed by atoms with Gasteiger partial charge in [0.1, 0.15) is 17.1 Å². The van der Waals surface area contributed by atoms with Crippen molar-refractivity contribution in [3.8, 4) is 11.5 Å². The summed E-state index contributed by atoms with van der Waals surface area (Å²) in [6, 6.07) is 2.07. The molecule has 0 unspecified atom stereocenters. The van der Waals surface area contributed by atoms with Crippen molar-refractivity contribution in [2.24, 2.45) is 0 Å². The Hall–Kier alpha value is -2.24. The van der Waals surface area contributed by atoms with Crippen LogP contribution in [-0.2, 0) is 16.0 Å². The van der Waals surface area contributed by atoms with Gasteiger partial charge in [0.25, 0.3) is 0 Å². The van der Waals surface area contributed by atoms with Crippen LogP contribution in [0.25, 0.3) is 0 Å². The Morgan fingerprint density at radius 3 is 2.47 bits per heavy atom. The van der Waals surface area contributed by atoms with Crippen molar-refractivity contribution in [2.75, 3.05) is 6.61 Å². The van der Waals surface area contributed by atoms with E-state index in [1.165, 1.54) is 0 Å². The average molecular weight is 240 g/mol. The number of rotatable bonds is 4. The molecule has 0 fully saturated rings. The first-order chi connectivity index (χ1) is 7.95. The zero-order valence-electron chi connectivity index (χ0n) is 9.14. The van der Waals surface area contributed by atoms with Crippen LogP contribution < -0.4 is 0 Å². The number of aliphatic carboxylic acids is 1. The Bertz CT molecular complexity index is 452. The first-order valence-corrected chi connectivity index (χ1v) is 4.89. The number of aromatic hydroxyl groups is 2. The molecule has 3 N–H and O–H groups in total. The minimum Gasteiger partial charge on any atom is -0.508 e. The highest BCUT2D eigenvalue weighted by Gasteiger charge is 2.20. The summed E-state index contributed by atoms with van der Waals surface area (Å²) in [5.41, 5.74) is -0.222. The predicted octanol–water partition coefficient (Wildman–Crippen LogP) is 0.902. The number of benzene rings is 1. The lowest BCUT2D eigenvalue weighted by atomic mass is 10.0. The van der Waals surface area contributed by atoms with Crippen molar-refractivity contribution in [1.29, 1.82) is 0 Å². The third-order valence-corrected chi connectivity index (χ3v) is 2.01. The highest BCUT2D eigenvalue weighted by atomic mass is 16.5. The molecule has 0 aliphatic carbocycles. The molecule has 0 aromatic heterocycles. The number of carbonyl (C=O) groups excluding carboxylic acids is 1. The van der Waals surface area contributed by atoms with Gasteiger partial charge in [0.05, 0.1) is 13.0 Å². The molecule has 0 saturated carbocycles. The van der Waals surface area contributed by atoms with Crippen molar-refractivity contribution < 1.29 is 29.6 Å². The molecule has 0 aliphatic rings. The molecule has 1 rings (SSSR count). The molecule has 6 nitrogen and oxygen atoms in total. The second kappa shape index (κ2) is 5.20. The molecule has 92 valence electrons. The van der Waals surface area contributed by atoms with E-state index in [1.54, 1.807) is 6.92 Å². The van der Waals surface area contributed by atoms with Crippen molar-refractivity contribution in [3.63, 3.8) is 0 Å². The largest absolute Gasteiger partial charge is 0.508 e. The van der Waals surface area contributed by atoms with E-state index >= 15 is 0 Å². The zero-order chi connectivity index (χ0) is 13.0. The van der Waals surface area contributed by atoms with Crippen LogP contribution in [0.5, 0.6) is 11.5 Å². The minimum atomic E-state index is -1.18. The summed E-state index contributed by atoms with van der Waals surface area (Å²) < 4.78 is 4.70. The Morgan fingerprint density at radius 2 is 1.94 bits per heavy atom. The van der Waals surface area contributed by atoms with Gasteiger partial charge < -0.3 is 20.1 Å². The second-order valence-electron chi connectivity index (χ2n) is 3.29. The van der Waals surface area contributed by atoms with Crippen molar-refractivity contribution in [1.82, 2.24) is 0 Å². The maximum atomic E-state index is 11.5. The van der Waals surface area contributed by atoms with E-state index in [2.05, 4.69) is 0 Å². The molecule has 1 aromatic rings. The smallest absolute Gasteiger partial charge is 0.342 e. The van der Waals surface area contributed by atoms with Gasteiger partial charge in [-0.3, -0.25) is 4.79 Å². The van der Waals surface area contributed by atoms with Gasteiger partial charge in [-0.25, -0.2) is 4.79 Å². The molecule has 0 saturated heterocycles. The molecule has 1 aromatic carbocycles. The molecule has 0 bridgehead atoms. The minimum absolute atomic E-state index is 0.00782. The predicted molar refractivity (Wildman–Crippen MR) is 57.1 cm³/mol. The number of carboxylic acids is 1. The summed E-state index contributed by atoms with van der Waals surface area (Å²) in [5, 5.41) is 27.4. The Kier molecular flexibility index (Phi) is 3.92. The number of esters is 1. The molecule has 0 heterocycles. The normalized spacial score (nSPS) is 9.94. The molecular weight excluding hydrogens is 228 g/mol. The van der Waals surface area contributed by atoms with E-state index in [1.807, 2.05) is 0 Å². The van der Waals surface area contributed by atoms with E-state index in [9.17, 15) is 19.8 Å². The van der Waals surface area contributed by atoms with Crippen LogP contribution in [-0.4, -0.2) is 33.9 Å². The third kappa shape index (κ3) is 3.10. The quantitative estimate of drug-likeness (QED) is 0.675. The van der Waals surface area contributed by atoms with Gasteiger partial charge in [-0.05, 0) is 18.6 Å². The van der Waals surface area contributed by atoms with Crippen LogP contribution >= 0.6 is 0 Å². The Balaban J connectivity index is 3.24. The molecule has 0 amide bonds. The molecule has 0 radical (unpaired) electrons. The number of phenols is 2. The second-order valence-corrected chi connectivity index (χ2v) is 3.29. The van der Waals surface area contributed by atoms with Gasteiger partial charge in [0.2, 0.25) is 0 Å². The lowest BCUT2D eigenvalue weighted by molar-refractivity contribution is -0.136. The monoisotopic (exact) mass is 240 g/mol. The van der Waals surface area contributed by atoms with Crippen LogP contribution in [0.15, 0.2) is 12.1 Å². The summed E-state index contributed by atoms with van der Waals surface area (Å²) >= 11 is 0. The lowest BCUT2D eigenvalue weighted by Crippen LogP contribution is -2.11. The van der Waals surface area contributed by atoms with Gasteiger partial charge in [-0.1, -0.05) is 0 Å². The number of ether oxygens (including phenoxy) is 1. The van der Waals surface area contributed by atoms with Gasteiger partial charge in [-0.2, -0.15) is 0 Å². The van der Waals surface area contributed by atoms with E-state index < -0.39 is 24.1 Å². The van der Waals surface area contributed by atoms with Gasteiger partial charge in [0, 0.05) is 6.07 Å². The molecular formula is C11H12O6. The maximum Gasteiger partial charge on any atom is 0.342 e. The number of hydrogen-bond donors (Lipinski definition) is 3. The fourth-order valence-corrected chi connectivity index (χ4v) is 1.41. The maximum absolute atomic E-state index is 11.5. The standard InChI is InChI=1S/C11H12O6/c1-2-17-11(16)10-6(4-9(14)15)3-7(12)5-8(10)13/h3,5,12-13H,2,4H2,1H3,(H,14,15). The van der Waals surface area contributed by atoms with Crippen LogP contribution in [0.4, 0.5) is 0 Å². The summed E-state index contributed by atoms with van der Waals surface area (Å²) in [6.07, 6.45) is -0.490. The molecule has 0 spiro atoms. The summed E-state index contributed by atoms with van der Waals surface area (Å²) in [7, 11) is 0. The number of hydrogen-bond acceptors (Lipinski definition) is 5. The Labute approximate surface area is 97.1 Å². The molecule has 0 atom stereocenters. The van der Waals surface area contributed by atoms with E-state index in [0.717, 1.165) is 12.1 Å². The number of carboxylic acid groups (broad SMARTS) is 1. The highest BCUT2D eigenvalue weighted by Crippen LogP contribution is 2.28. The fourth-order valence-electron chi connectivity index (χ4n) is 1.41. The van der Waals surface area contributed by atoms with E-state index in [4.69, 9.17) is 9.84 Å². The van der Waals surface area contributed by atoms with Crippen LogP contribution in [0.1, 0.15) is 22.8 Å². The summed E-state index contributed by atoms with van der Waals surface area (Å²) in [6.45, 7) is 1.69. The molecule has 17 heavy (non-hydrogen) atoms. The SMILES string of the molecule is CCOC(=O)c1c(O)cc(O)cc1CC(=O)O. The first kappa shape index (κ1) is 12.8. The van der Waals surface area contributed by atoms with Crippen molar-refractivity contribution in [3.05, 3.63) is 23.3 Å². The van der Waals surface area contributed by atoms with Crippen LogP contribution in [0, 0.1) is 0 Å². The molecule has 0 aliphatic heterocycles. The average Bonchev–Trinajstić information content (AvgIpc) is 2.15.